The fraction of sp³-hybridized carbons (Fsp3) is 0.286. The molecule has 0 saturated heterocycles. The standard InChI is InChI=1S/C27H15BNS2.C15H28O2.Ir/c1-2-8-18-16-29-22(15-17(18)7-1)19-9-5-11-21-27(19)31-25-14-6-13-24-26(25)28(21)20-10-3-4-12-23(20)30-24;1-7-14(5,8-2)12(16)11-13(17)15(6,9-3)10-4;/h1-8,10-16H;11,16H,7-10H2,1-6H3;/q-1;;/b;12-11-;/i;11D;. The van der Waals surface area contributed by atoms with Crippen LogP contribution < -0.4 is 16.4 Å². The Morgan fingerprint density at radius 2 is 1.45 bits per heavy atom. The molecule has 2 aliphatic rings. The third kappa shape index (κ3) is 7.10. The van der Waals surface area contributed by atoms with Crippen LogP contribution in [0.4, 0.5) is 0 Å². The predicted octanol–water partition coefficient (Wildman–Crippen LogP) is 9.79. The molecule has 0 fully saturated rings. The number of hydrogen-bond acceptors (Lipinski definition) is 5. The van der Waals surface area contributed by atoms with Crippen LogP contribution in [-0.4, -0.2) is 22.6 Å². The first-order valence-corrected chi connectivity index (χ1v) is 18.6. The molecule has 1 N–H and O–H groups in total. The van der Waals surface area contributed by atoms with Gasteiger partial charge in [0.2, 0.25) is 6.71 Å². The van der Waals surface area contributed by atoms with Gasteiger partial charge in [-0.25, -0.2) is 0 Å². The van der Waals surface area contributed by atoms with Crippen LogP contribution in [0, 0.1) is 16.9 Å². The van der Waals surface area contributed by atoms with Crippen LogP contribution in [0.1, 0.15) is 68.6 Å². The van der Waals surface area contributed by atoms with Crippen LogP contribution in [0.2, 0.25) is 0 Å². The number of nitrogens with zero attached hydrogens (tertiary/aromatic N) is 1. The van der Waals surface area contributed by atoms with E-state index in [1.165, 1.54) is 41.4 Å². The monoisotopic (exact) mass is 862 g/mol. The van der Waals surface area contributed by atoms with Crippen molar-refractivity contribution in [3.05, 3.63) is 109 Å². The van der Waals surface area contributed by atoms with Gasteiger partial charge in [0.05, 0.1) is 1.37 Å². The molecule has 0 atom stereocenters. The smallest absolute Gasteiger partial charge is 0.228 e. The summed E-state index contributed by atoms with van der Waals surface area (Å²) in [5.74, 6) is -0.288. The number of allylic oxidation sites excluding steroid dienone is 2. The molecule has 0 saturated carbocycles. The number of aromatic nitrogens is 1. The van der Waals surface area contributed by atoms with Gasteiger partial charge in [0.25, 0.3) is 0 Å². The van der Waals surface area contributed by atoms with Crippen molar-refractivity contribution in [2.75, 3.05) is 0 Å². The van der Waals surface area contributed by atoms with Crippen molar-refractivity contribution in [3.8, 4) is 11.3 Å². The second-order valence-electron chi connectivity index (χ2n) is 13.2. The van der Waals surface area contributed by atoms with Crippen molar-refractivity contribution < 1.29 is 31.4 Å². The van der Waals surface area contributed by atoms with Gasteiger partial charge in [-0.1, -0.05) is 118 Å². The molecule has 7 rings (SSSR count). The molecule has 0 bridgehead atoms. The van der Waals surface area contributed by atoms with Gasteiger partial charge in [-0.05, 0) is 70.7 Å². The zero-order chi connectivity index (χ0) is 34.9. The topological polar surface area (TPSA) is 50.2 Å². The Hall–Kier alpha value is -3.09. The Balaban J connectivity index is 0.000000223. The summed E-state index contributed by atoms with van der Waals surface area (Å²) >= 11 is 3.76. The molecule has 3 nitrogen and oxygen atoms in total. The van der Waals surface area contributed by atoms with Crippen molar-refractivity contribution in [2.24, 2.45) is 10.8 Å². The van der Waals surface area contributed by atoms with E-state index in [0.717, 1.165) is 29.5 Å². The summed E-state index contributed by atoms with van der Waals surface area (Å²) in [7, 11) is 0. The summed E-state index contributed by atoms with van der Waals surface area (Å²) in [6.07, 6.45) is 4.80. The largest absolute Gasteiger partial charge is 0.512 e. The first kappa shape index (κ1) is 35.7. The van der Waals surface area contributed by atoms with Gasteiger partial charge in [-0.15, -0.1) is 41.0 Å². The molecule has 0 aliphatic carbocycles. The Morgan fingerprint density at radius 3 is 2.14 bits per heavy atom. The number of hydrogen-bond donors (Lipinski definition) is 1. The molecule has 49 heavy (non-hydrogen) atoms. The SMILES string of the molecule is [2H]/C(C(=O)C(C)(CC)CC)=C(/O)C(C)(CC)CC.[Ir].[c-]1ccc2c(c1-c1cc3ccccc3cn1)Sc1cccc3c1B2c1ccccc1S3. The summed E-state index contributed by atoms with van der Waals surface area (Å²) in [6, 6.07) is 33.8. The van der Waals surface area contributed by atoms with Crippen LogP contribution in [0.15, 0.2) is 123 Å². The van der Waals surface area contributed by atoms with Gasteiger partial charge < -0.3 is 10.1 Å². The minimum absolute atomic E-state index is 0. The van der Waals surface area contributed by atoms with Gasteiger partial charge in [0.1, 0.15) is 5.76 Å². The summed E-state index contributed by atoms with van der Waals surface area (Å²) < 4.78 is 7.99. The van der Waals surface area contributed by atoms with Crippen LogP contribution in [0.3, 0.4) is 0 Å². The fourth-order valence-electron chi connectivity index (χ4n) is 6.32. The molecule has 1 radical (unpaired) electrons. The zero-order valence-electron chi connectivity index (χ0n) is 30.0. The minimum Gasteiger partial charge on any atom is -0.512 e. The van der Waals surface area contributed by atoms with Crippen LogP contribution >= 0.6 is 23.5 Å². The molecule has 0 amide bonds. The van der Waals surface area contributed by atoms with Gasteiger partial charge in [0, 0.05) is 53.0 Å². The number of pyridine rings is 1. The molecule has 253 valence electrons. The second kappa shape index (κ2) is 15.4. The summed E-state index contributed by atoms with van der Waals surface area (Å²) in [5.41, 5.74) is 5.30. The van der Waals surface area contributed by atoms with Crippen LogP contribution in [0.5, 0.6) is 0 Å². The minimum atomic E-state index is -0.534. The Bertz CT molecular complexity index is 2070. The number of aliphatic hydroxyl groups excluding tert-OH is 1. The maximum Gasteiger partial charge on any atom is 0.228 e. The van der Waals surface area contributed by atoms with E-state index in [4.69, 9.17) is 6.35 Å². The molecule has 7 heteroatoms. The average molecular weight is 862 g/mol. The van der Waals surface area contributed by atoms with Crippen LogP contribution in [-0.2, 0) is 24.9 Å². The predicted molar refractivity (Wildman–Crippen MR) is 205 cm³/mol. The zero-order valence-corrected chi connectivity index (χ0v) is 33.0. The number of rotatable bonds is 8. The molecule has 5 aromatic rings. The maximum absolute atomic E-state index is 12.3. The van der Waals surface area contributed by atoms with Crippen molar-refractivity contribution in [2.45, 2.75) is 86.8 Å². The van der Waals surface area contributed by atoms with Crippen LogP contribution in [0.25, 0.3) is 22.0 Å². The van der Waals surface area contributed by atoms with Gasteiger partial charge >= 0.3 is 0 Å². The van der Waals surface area contributed by atoms with Gasteiger partial charge in [-0.2, -0.15) is 0 Å². The number of fused-ring (bicyclic) bond motifs is 5. The van der Waals surface area contributed by atoms with Crippen molar-refractivity contribution >= 4 is 63.2 Å². The Kier molecular flexibility index (Phi) is 11.3. The third-order valence-electron chi connectivity index (χ3n) is 10.6. The van der Waals surface area contributed by atoms with E-state index in [2.05, 4.69) is 91.0 Å². The maximum atomic E-state index is 12.3. The van der Waals surface area contributed by atoms with E-state index >= 15 is 0 Å². The van der Waals surface area contributed by atoms with Crippen molar-refractivity contribution in [3.63, 3.8) is 0 Å². The Labute approximate surface area is 315 Å². The summed E-state index contributed by atoms with van der Waals surface area (Å²) in [5, 5.41) is 12.6. The first-order chi connectivity index (χ1) is 23.6. The van der Waals surface area contributed by atoms with Gasteiger partial charge in [-0.3, -0.25) is 4.79 Å². The number of benzene rings is 4. The molecular weight excluding hydrogens is 818 g/mol. The van der Waals surface area contributed by atoms with Gasteiger partial charge in [0.15, 0.2) is 5.78 Å². The molecule has 0 unspecified atom stereocenters. The van der Waals surface area contributed by atoms with Crippen molar-refractivity contribution in [1.29, 1.82) is 0 Å². The summed E-state index contributed by atoms with van der Waals surface area (Å²) in [4.78, 5) is 22.5. The number of carbonyl (C=O) groups excluding carboxylic acids is 1. The van der Waals surface area contributed by atoms with E-state index < -0.39 is 10.8 Å². The number of ketones is 1. The first-order valence-electron chi connectivity index (χ1n) is 17.5. The summed E-state index contributed by atoms with van der Waals surface area (Å²) in [6.45, 7) is 11.9. The number of carbonyl (C=O) groups is 1. The van der Waals surface area contributed by atoms with E-state index in [1.54, 1.807) is 0 Å². The second-order valence-corrected chi connectivity index (χ2v) is 15.4. The van der Waals surface area contributed by atoms with E-state index in [-0.39, 0.29) is 44.4 Å². The van der Waals surface area contributed by atoms with E-state index in [1.807, 2.05) is 71.3 Å². The van der Waals surface area contributed by atoms with Crippen molar-refractivity contribution in [1.82, 2.24) is 4.98 Å². The number of aliphatic hydroxyl groups is 1. The normalized spacial score (nSPS) is 13.8. The molecular formula is C42H43BIrNO2S2-. The van der Waals surface area contributed by atoms with E-state index in [0.29, 0.717) is 12.8 Å². The molecule has 3 heterocycles. The molecule has 2 aliphatic heterocycles. The Morgan fingerprint density at radius 1 is 0.837 bits per heavy atom. The quantitative estimate of drug-likeness (QED) is 0.0715. The molecule has 4 aromatic carbocycles. The average Bonchev–Trinajstić information content (AvgIpc) is 3.16. The fourth-order valence-corrected chi connectivity index (χ4v) is 8.83. The van der Waals surface area contributed by atoms with E-state index in [9.17, 15) is 9.90 Å². The molecule has 0 spiro atoms. The molecule has 1 aromatic heterocycles. The third-order valence-corrected chi connectivity index (χ3v) is 13.0.